The molecule has 0 saturated carbocycles. The Bertz CT molecular complexity index is 855. The number of aromatic hydroxyl groups is 2. The molecule has 0 unspecified atom stereocenters. The third-order valence-corrected chi connectivity index (χ3v) is 4.48. The van der Waals surface area contributed by atoms with Crippen LogP contribution in [0.3, 0.4) is 0 Å². The van der Waals surface area contributed by atoms with Gasteiger partial charge >= 0.3 is 11.9 Å². The van der Waals surface area contributed by atoms with E-state index in [2.05, 4.69) is 5.16 Å². The molecule has 3 N–H and O–H groups in total. The summed E-state index contributed by atoms with van der Waals surface area (Å²) in [6, 6.07) is 2.41. The summed E-state index contributed by atoms with van der Waals surface area (Å²) in [4.78, 5) is 28.4. The Labute approximate surface area is 175 Å². The van der Waals surface area contributed by atoms with E-state index in [1.54, 1.807) is 6.08 Å². The maximum Gasteiger partial charge on any atom is 0.344 e. The van der Waals surface area contributed by atoms with Crippen LogP contribution in [0.5, 0.6) is 11.5 Å². The zero-order valence-electron chi connectivity index (χ0n) is 17.1. The molecule has 1 aromatic carbocycles. The number of oxime groups is 1. The smallest absolute Gasteiger partial charge is 0.344 e. The summed E-state index contributed by atoms with van der Waals surface area (Å²) in [6.45, 7) is 3.27. The SMILES string of the molecule is CC(C)[C@@H]1C/C=C/CC/C=C/C(=N\OCC(=O)O)Cc2cc(O)cc(O)c2C(=O)O1. The Morgan fingerprint density at radius 1 is 1.23 bits per heavy atom. The number of ether oxygens (including phenoxy) is 1. The van der Waals surface area contributed by atoms with Crippen molar-refractivity contribution in [3.63, 3.8) is 0 Å². The molecule has 1 aliphatic heterocycles. The summed E-state index contributed by atoms with van der Waals surface area (Å²) in [7, 11) is 0. The van der Waals surface area contributed by atoms with Crippen molar-refractivity contribution in [1.82, 2.24) is 0 Å². The van der Waals surface area contributed by atoms with Crippen LogP contribution in [0.25, 0.3) is 0 Å². The highest BCUT2D eigenvalue weighted by Crippen LogP contribution is 2.30. The molecular weight excluding hydrogens is 390 g/mol. The monoisotopic (exact) mass is 417 g/mol. The number of carboxylic acid groups (broad SMARTS) is 1. The average Bonchev–Trinajstić information content (AvgIpc) is 2.64. The summed E-state index contributed by atoms with van der Waals surface area (Å²) in [5.74, 6) is -2.45. The Kier molecular flexibility index (Phi) is 8.46. The summed E-state index contributed by atoms with van der Waals surface area (Å²) in [5, 5.41) is 32.8. The third kappa shape index (κ3) is 6.95. The minimum absolute atomic E-state index is 0.0185. The first-order valence-corrected chi connectivity index (χ1v) is 9.76. The van der Waals surface area contributed by atoms with Crippen molar-refractivity contribution < 1.29 is 34.5 Å². The fourth-order valence-electron chi connectivity index (χ4n) is 2.94. The molecule has 2 rings (SSSR count). The summed E-state index contributed by atoms with van der Waals surface area (Å²) in [5.41, 5.74) is 0.547. The molecule has 1 heterocycles. The fraction of sp³-hybridized carbons (Fsp3) is 0.409. The molecule has 0 bridgehead atoms. The molecule has 0 spiro atoms. The predicted octanol–water partition coefficient (Wildman–Crippen LogP) is 3.58. The number of fused-ring (bicyclic) bond motifs is 1. The van der Waals surface area contributed by atoms with E-state index < -0.39 is 24.3 Å². The van der Waals surface area contributed by atoms with Crippen LogP contribution < -0.4 is 0 Å². The Balaban J connectivity index is 2.46. The summed E-state index contributed by atoms with van der Waals surface area (Å²) >= 11 is 0. The molecule has 162 valence electrons. The average molecular weight is 417 g/mol. The second kappa shape index (κ2) is 11.0. The molecular formula is C22H27NO7. The summed E-state index contributed by atoms with van der Waals surface area (Å²) < 4.78 is 5.65. The van der Waals surface area contributed by atoms with E-state index in [1.165, 1.54) is 6.07 Å². The van der Waals surface area contributed by atoms with Crippen molar-refractivity contribution in [2.24, 2.45) is 11.1 Å². The van der Waals surface area contributed by atoms with Crippen LogP contribution in [-0.2, 0) is 20.8 Å². The van der Waals surface area contributed by atoms with Gasteiger partial charge in [-0.15, -0.1) is 0 Å². The lowest BCUT2D eigenvalue weighted by molar-refractivity contribution is -0.142. The van der Waals surface area contributed by atoms with Gasteiger partial charge in [0.25, 0.3) is 0 Å². The van der Waals surface area contributed by atoms with Gasteiger partial charge in [0, 0.05) is 18.9 Å². The number of rotatable bonds is 4. The lowest BCUT2D eigenvalue weighted by atomic mass is 9.98. The van der Waals surface area contributed by atoms with Gasteiger partial charge in [-0.05, 0) is 36.5 Å². The molecule has 0 amide bonds. The largest absolute Gasteiger partial charge is 0.508 e. The van der Waals surface area contributed by atoms with Crippen molar-refractivity contribution in [1.29, 1.82) is 0 Å². The quantitative estimate of drug-likeness (QED) is 0.388. The molecule has 30 heavy (non-hydrogen) atoms. The van der Waals surface area contributed by atoms with Gasteiger partial charge < -0.3 is 24.9 Å². The third-order valence-electron chi connectivity index (χ3n) is 4.48. The number of benzene rings is 1. The lowest BCUT2D eigenvalue weighted by Gasteiger charge is -2.21. The standard InChI is InChI=1S/C22H27NO7/c1-14(2)19-9-7-5-3-4-6-8-16(23-29-13-20(26)27)10-15-11-17(24)12-18(25)21(15)22(28)30-19/h5-8,11-12,14,19,24-25H,3-4,9-10,13H2,1-2H3,(H,26,27)/b7-5+,8-6+,23-16+/t19-/m0/s1. The molecule has 0 aromatic heterocycles. The number of aliphatic carboxylic acids is 1. The molecule has 1 atom stereocenters. The Morgan fingerprint density at radius 2 is 1.97 bits per heavy atom. The van der Waals surface area contributed by atoms with Crippen LogP contribution in [0.15, 0.2) is 41.6 Å². The van der Waals surface area contributed by atoms with Crippen molar-refractivity contribution in [2.45, 2.75) is 45.6 Å². The van der Waals surface area contributed by atoms with Gasteiger partial charge in [0.15, 0.2) is 0 Å². The highest BCUT2D eigenvalue weighted by molar-refractivity contribution is 6.00. The van der Waals surface area contributed by atoms with Crippen LogP contribution in [0, 0.1) is 5.92 Å². The minimum Gasteiger partial charge on any atom is -0.508 e. The predicted molar refractivity (Wildman–Crippen MR) is 111 cm³/mol. The Morgan fingerprint density at radius 3 is 2.67 bits per heavy atom. The molecule has 0 aliphatic carbocycles. The van der Waals surface area contributed by atoms with Crippen molar-refractivity contribution in [2.75, 3.05) is 6.61 Å². The molecule has 0 radical (unpaired) electrons. The number of phenolic OH excluding ortho intramolecular Hbond substituents is 2. The van der Waals surface area contributed by atoms with Gasteiger partial charge in [-0.2, -0.15) is 0 Å². The molecule has 8 heteroatoms. The highest BCUT2D eigenvalue weighted by Gasteiger charge is 2.24. The summed E-state index contributed by atoms with van der Waals surface area (Å²) in [6.07, 6.45) is 9.17. The fourth-order valence-corrected chi connectivity index (χ4v) is 2.94. The van der Waals surface area contributed by atoms with Crippen molar-refractivity contribution in [3.05, 3.63) is 47.6 Å². The molecule has 0 fully saturated rings. The normalized spacial score (nSPS) is 21.4. The maximum absolute atomic E-state index is 12.9. The topological polar surface area (TPSA) is 126 Å². The number of cyclic esters (lactones) is 1. The Hall–Kier alpha value is -3.29. The van der Waals surface area contributed by atoms with Crippen molar-refractivity contribution in [3.8, 4) is 11.5 Å². The number of carbonyl (C=O) groups excluding carboxylic acids is 1. The number of hydrogen-bond acceptors (Lipinski definition) is 7. The number of phenols is 2. The van der Waals surface area contributed by atoms with Gasteiger partial charge in [0.2, 0.25) is 6.61 Å². The number of carbonyl (C=O) groups is 2. The molecule has 8 nitrogen and oxygen atoms in total. The van der Waals surface area contributed by atoms with Crippen LogP contribution in [-0.4, -0.2) is 45.7 Å². The number of allylic oxidation sites excluding steroid dienone is 3. The van der Waals surface area contributed by atoms with Gasteiger partial charge in [0.05, 0.1) is 5.71 Å². The maximum atomic E-state index is 12.9. The first-order valence-electron chi connectivity index (χ1n) is 9.76. The van der Waals surface area contributed by atoms with E-state index in [0.717, 1.165) is 18.9 Å². The number of carboxylic acids is 1. The number of esters is 1. The first kappa shape index (κ1) is 23.0. The second-order valence-electron chi connectivity index (χ2n) is 7.30. The van der Waals surface area contributed by atoms with Crippen LogP contribution >= 0.6 is 0 Å². The van der Waals surface area contributed by atoms with Crippen LogP contribution in [0.1, 0.15) is 49.0 Å². The van der Waals surface area contributed by atoms with E-state index in [9.17, 15) is 19.8 Å². The first-order chi connectivity index (χ1) is 14.3. The highest BCUT2D eigenvalue weighted by atomic mass is 16.6. The van der Waals surface area contributed by atoms with E-state index in [-0.39, 0.29) is 35.3 Å². The molecule has 0 saturated heterocycles. The lowest BCUT2D eigenvalue weighted by Crippen LogP contribution is -2.24. The van der Waals surface area contributed by atoms with Crippen LogP contribution in [0.2, 0.25) is 0 Å². The van der Waals surface area contributed by atoms with Gasteiger partial charge in [-0.1, -0.05) is 37.2 Å². The zero-order valence-corrected chi connectivity index (χ0v) is 17.1. The minimum atomic E-state index is -1.17. The van der Waals surface area contributed by atoms with Crippen LogP contribution in [0.4, 0.5) is 0 Å². The van der Waals surface area contributed by atoms with Gasteiger partial charge in [0.1, 0.15) is 23.2 Å². The van der Waals surface area contributed by atoms with Gasteiger partial charge in [-0.3, -0.25) is 0 Å². The molecule has 1 aromatic rings. The van der Waals surface area contributed by atoms with Gasteiger partial charge in [-0.25, -0.2) is 9.59 Å². The van der Waals surface area contributed by atoms with E-state index in [1.807, 2.05) is 32.1 Å². The number of nitrogens with zero attached hydrogens (tertiary/aromatic N) is 1. The van der Waals surface area contributed by atoms with E-state index in [4.69, 9.17) is 14.7 Å². The number of hydrogen-bond donors (Lipinski definition) is 3. The molecule has 1 aliphatic rings. The van der Waals surface area contributed by atoms with E-state index >= 15 is 0 Å². The van der Waals surface area contributed by atoms with Crippen molar-refractivity contribution >= 4 is 17.7 Å². The zero-order chi connectivity index (χ0) is 22.1. The second-order valence-corrected chi connectivity index (χ2v) is 7.30. The van der Waals surface area contributed by atoms with E-state index in [0.29, 0.717) is 12.1 Å².